The smallest absolute Gasteiger partial charge is 0.264 e. The van der Waals surface area contributed by atoms with Gasteiger partial charge in [0.05, 0.1) is 30.6 Å². The van der Waals surface area contributed by atoms with Crippen molar-refractivity contribution in [3.63, 3.8) is 0 Å². The van der Waals surface area contributed by atoms with Gasteiger partial charge in [-0.15, -0.1) is 0 Å². The molecule has 0 unspecified atom stereocenters. The van der Waals surface area contributed by atoms with Crippen molar-refractivity contribution in [1.82, 2.24) is 24.2 Å². The fourth-order valence-corrected chi connectivity index (χ4v) is 5.54. The van der Waals surface area contributed by atoms with E-state index in [-0.39, 0.29) is 23.9 Å². The van der Waals surface area contributed by atoms with Crippen LogP contribution in [0.1, 0.15) is 38.5 Å². The number of aromatic nitrogens is 4. The zero-order valence-electron chi connectivity index (χ0n) is 22.4. The van der Waals surface area contributed by atoms with Crippen LogP contribution in [0.2, 0.25) is 0 Å². The lowest BCUT2D eigenvalue weighted by Gasteiger charge is -2.38. The Morgan fingerprint density at radius 2 is 1.77 bits per heavy atom. The molecule has 0 spiro atoms. The first-order chi connectivity index (χ1) is 19.5. The van der Waals surface area contributed by atoms with Crippen LogP contribution >= 0.6 is 0 Å². The van der Waals surface area contributed by atoms with E-state index in [0.717, 1.165) is 42.0 Å². The summed E-state index contributed by atoms with van der Waals surface area (Å²) in [6.07, 6.45) is 8.36. The Bertz CT molecular complexity index is 1630. The molecule has 4 aromatic rings. The highest BCUT2D eigenvalue weighted by molar-refractivity contribution is 5.81. The Hall–Kier alpha value is -3.98. The van der Waals surface area contributed by atoms with Crippen molar-refractivity contribution in [3.8, 4) is 22.6 Å². The number of likely N-dealkylation sites (tertiary alicyclic amines) is 1. The van der Waals surface area contributed by atoms with Gasteiger partial charge in [-0.05, 0) is 79.8 Å². The number of piperidine rings is 1. The second-order valence-corrected chi connectivity index (χ2v) is 11.6. The van der Waals surface area contributed by atoms with Crippen LogP contribution in [0, 0.1) is 11.8 Å². The molecule has 7 rings (SSSR count). The van der Waals surface area contributed by atoms with Crippen LogP contribution in [0.5, 0.6) is 5.75 Å². The molecular formula is C31H33N5O4. The van der Waals surface area contributed by atoms with Gasteiger partial charge in [0.25, 0.3) is 5.56 Å². The molecule has 3 heterocycles. The molecule has 2 aromatic carbocycles. The van der Waals surface area contributed by atoms with Crippen LogP contribution in [0.4, 0.5) is 0 Å². The van der Waals surface area contributed by atoms with E-state index in [1.54, 1.807) is 10.9 Å². The third-order valence-electron chi connectivity index (χ3n) is 8.39. The van der Waals surface area contributed by atoms with Crippen LogP contribution in [-0.2, 0) is 11.3 Å². The Morgan fingerprint density at radius 3 is 2.52 bits per heavy atom. The molecule has 1 amide bonds. The molecule has 0 bridgehead atoms. The van der Waals surface area contributed by atoms with Crippen LogP contribution in [0.15, 0.2) is 65.8 Å². The highest BCUT2D eigenvalue weighted by Crippen LogP contribution is 2.34. The summed E-state index contributed by atoms with van der Waals surface area (Å²) in [6, 6.07) is 16.1. The Morgan fingerprint density at radius 1 is 1.02 bits per heavy atom. The molecule has 40 heavy (non-hydrogen) atoms. The van der Waals surface area contributed by atoms with E-state index in [1.165, 1.54) is 23.7 Å². The van der Waals surface area contributed by atoms with Gasteiger partial charge in [-0.1, -0.05) is 24.3 Å². The predicted octanol–water partition coefficient (Wildman–Crippen LogP) is 3.80. The fourth-order valence-electron chi connectivity index (χ4n) is 5.54. The normalized spacial score (nSPS) is 18.7. The number of nitrogens with zero attached hydrogens (tertiary/aromatic N) is 5. The second kappa shape index (κ2) is 9.89. The maximum absolute atomic E-state index is 13.4. The summed E-state index contributed by atoms with van der Waals surface area (Å²) in [5.41, 5.74) is 2.03. The summed E-state index contributed by atoms with van der Waals surface area (Å²) in [6.45, 7) is 1.93. The molecule has 9 nitrogen and oxygen atoms in total. The summed E-state index contributed by atoms with van der Waals surface area (Å²) in [4.78, 5) is 32.2. The van der Waals surface area contributed by atoms with Crippen LogP contribution in [0.3, 0.4) is 0 Å². The number of hydrogen-bond donors (Lipinski definition) is 1. The molecule has 3 aliphatic rings. The number of benzene rings is 2. The average Bonchev–Trinajstić information content (AvgIpc) is 3.92. The van der Waals surface area contributed by atoms with E-state index >= 15 is 0 Å². The monoisotopic (exact) mass is 539 g/mol. The van der Waals surface area contributed by atoms with Crippen molar-refractivity contribution in [3.05, 3.63) is 71.4 Å². The number of ether oxygens (including phenoxy) is 1. The Balaban J connectivity index is 1.10. The van der Waals surface area contributed by atoms with Crippen molar-refractivity contribution in [1.29, 1.82) is 0 Å². The summed E-state index contributed by atoms with van der Waals surface area (Å²) in [5, 5.41) is 16.1. The largest absolute Gasteiger partial charge is 0.493 e. The van der Waals surface area contributed by atoms with E-state index in [9.17, 15) is 14.7 Å². The van der Waals surface area contributed by atoms with Crippen molar-refractivity contribution >= 4 is 16.9 Å². The van der Waals surface area contributed by atoms with Gasteiger partial charge in [0, 0.05) is 19.0 Å². The van der Waals surface area contributed by atoms with Crippen molar-refractivity contribution in [2.24, 2.45) is 11.8 Å². The zero-order valence-corrected chi connectivity index (χ0v) is 22.4. The molecule has 206 valence electrons. The Kier molecular flexibility index (Phi) is 6.19. The fraction of sp³-hybridized carbons (Fsp3) is 0.419. The lowest BCUT2D eigenvalue weighted by molar-refractivity contribution is -0.137. The van der Waals surface area contributed by atoms with Crippen LogP contribution in [-0.4, -0.2) is 60.5 Å². The highest BCUT2D eigenvalue weighted by atomic mass is 16.5. The average molecular weight is 540 g/mol. The molecule has 3 fully saturated rings. The lowest BCUT2D eigenvalue weighted by Crippen LogP contribution is -2.50. The minimum absolute atomic E-state index is 0.139. The summed E-state index contributed by atoms with van der Waals surface area (Å²) in [5.74, 6) is 1.93. The summed E-state index contributed by atoms with van der Waals surface area (Å²) in [7, 11) is 0. The third-order valence-corrected chi connectivity index (χ3v) is 8.39. The molecule has 0 atom stereocenters. The van der Waals surface area contributed by atoms with Gasteiger partial charge in [-0.3, -0.25) is 14.2 Å². The van der Waals surface area contributed by atoms with Crippen molar-refractivity contribution in [2.75, 3.05) is 19.7 Å². The minimum atomic E-state index is -1.05. The van der Waals surface area contributed by atoms with E-state index in [1.807, 2.05) is 41.3 Å². The van der Waals surface area contributed by atoms with E-state index in [2.05, 4.69) is 22.2 Å². The molecule has 2 aromatic heterocycles. The molecule has 2 aliphatic carbocycles. The standard InChI is InChI=1S/C31H33N5O4/c37-29(22-9-10-22)34-13-11-31(39,12-14-34)19-35-20-32-28-27(30(35)38)17-33-36(28)25-5-1-3-23(15-25)24-4-2-6-26(16-24)40-18-21-7-8-21/h1-6,15-17,20-22,39H,7-14,18-19H2. The number of rotatable bonds is 8. The number of hydrogen-bond acceptors (Lipinski definition) is 6. The number of fused-ring (bicyclic) bond motifs is 1. The minimum Gasteiger partial charge on any atom is -0.493 e. The topological polar surface area (TPSA) is 102 Å². The van der Waals surface area contributed by atoms with E-state index in [4.69, 9.17) is 4.74 Å². The zero-order chi connectivity index (χ0) is 27.3. The van der Waals surface area contributed by atoms with Crippen molar-refractivity contribution < 1.29 is 14.6 Å². The first-order valence-electron chi connectivity index (χ1n) is 14.2. The van der Waals surface area contributed by atoms with Crippen LogP contribution < -0.4 is 10.3 Å². The van der Waals surface area contributed by atoms with Gasteiger partial charge in [0.15, 0.2) is 5.65 Å². The number of aliphatic hydroxyl groups is 1. The molecule has 9 heteroatoms. The number of carbonyl (C=O) groups excluding carboxylic acids is 1. The molecule has 2 saturated carbocycles. The van der Waals surface area contributed by atoms with Gasteiger partial charge in [-0.25, -0.2) is 9.67 Å². The molecule has 1 saturated heterocycles. The van der Waals surface area contributed by atoms with Gasteiger partial charge < -0.3 is 14.7 Å². The lowest BCUT2D eigenvalue weighted by atomic mass is 9.91. The van der Waals surface area contributed by atoms with E-state index in [0.29, 0.717) is 42.9 Å². The van der Waals surface area contributed by atoms with Crippen molar-refractivity contribution in [2.45, 2.75) is 50.7 Å². The third kappa shape index (κ3) is 5.01. The molecule has 1 N–H and O–H groups in total. The van der Waals surface area contributed by atoms with E-state index < -0.39 is 5.60 Å². The number of amides is 1. The highest BCUT2D eigenvalue weighted by Gasteiger charge is 2.39. The number of carbonyl (C=O) groups is 1. The van der Waals surface area contributed by atoms with Gasteiger partial charge in [0.2, 0.25) is 5.91 Å². The maximum atomic E-state index is 13.4. The quantitative estimate of drug-likeness (QED) is 0.366. The SMILES string of the molecule is O=C(C1CC1)N1CCC(O)(Cn2cnc3c(cnn3-c3cccc(-c4cccc(OCC5CC5)c4)c3)c2=O)CC1. The van der Waals surface area contributed by atoms with Crippen LogP contribution in [0.25, 0.3) is 27.8 Å². The Labute approximate surface area is 232 Å². The van der Waals surface area contributed by atoms with Gasteiger partial charge in [-0.2, -0.15) is 5.10 Å². The molecule has 0 radical (unpaired) electrons. The van der Waals surface area contributed by atoms with Gasteiger partial charge in [0.1, 0.15) is 17.5 Å². The molecule has 1 aliphatic heterocycles. The summed E-state index contributed by atoms with van der Waals surface area (Å²) >= 11 is 0. The first kappa shape index (κ1) is 25.0. The van der Waals surface area contributed by atoms with Gasteiger partial charge >= 0.3 is 0 Å². The first-order valence-corrected chi connectivity index (χ1v) is 14.2. The maximum Gasteiger partial charge on any atom is 0.264 e. The second-order valence-electron chi connectivity index (χ2n) is 11.6. The predicted molar refractivity (Wildman–Crippen MR) is 150 cm³/mol. The summed E-state index contributed by atoms with van der Waals surface area (Å²) < 4.78 is 9.11. The molecular weight excluding hydrogens is 506 g/mol.